The first kappa shape index (κ1) is 18.3. The molecule has 0 radical (unpaired) electrons. The molecule has 0 atom stereocenters. The molecule has 0 saturated carbocycles. The predicted octanol–water partition coefficient (Wildman–Crippen LogP) is 5.76. The van der Waals surface area contributed by atoms with Crippen molar-refractivity contribution in [2.75, 3.05) is 17.7 Å². The summed E-state index contributed by atoms with van der Waals surface area (Å²) in [5, 5.41) is 6.45. The van der Waals surface area contributed by atoms with Crippen molar-refractivity contribution >= 4 is 23.1 Å². The highest BCUT2D eigenvalue weighted by molar-refractivity contribution is 5.64. The molecule has 6 heteroatoms. The molecule has 0 aliphatic carbocycles. The number of aromatic nitrogens is 2. The number of nitrogens with zero attached hydrogens (tertiary/aromatic N) is 2. The van der Waals surface area contributed by atoms with Crippen LogP contribution in [0.3, 0.4) is 0 Å². The summed E-state index contributed by atoms with van der Waals surface area (Å²) in [6.07, 6.45) is 1.69. The van der Waals surface area contributed by atoms with Gasteiger partial charge >= 0.3 is 0 Å². The molecule has 29 heavy (non-hydrogen) atoms. The number of anilines is 4. The summed E-state index contributed by atoms with van der Waals surface area (Å²) in [7, 11) is 1.63. The predicted molar refractivity (Wildman–Crippen MR) is 115 cm³/mol. The van der Waals surface area contributed by atoms with Crippen molar-refractivity contribution in [3.05, 3.63) is 91.1 Å². The quantitative estimate of drug-likeness (QED) is 0.422. The molecule has 3 aromatic carbocycles. The van der Waals surface area contributed by atoms with Crippen LogP contribution >= 0.6 is 0 Å². The Morgan fingerprint density at radius 1 is 0.724 bits per heavy atom. The topological polar surface area (TPSA) is 68.3 Å². The van der Waals surface area contributed by atoms with Gasteiger partial charge in [0.1, 0.15) is 23.1 Å². The highest BCUT2D eigenvalue weighted by Gasteiger charge is 2.05. The van der Waals surface area contributed by atoms with Gasteiger partial charge in [-0.2, -0.15) is 4.98 Å². The largest absolute Gasteiger partial charge is 0.495 e. The third kappa shape index (κ3) is 4.81. The number of nitrogens with one attached hydrogen (secondary N) is 2. The van der Waals surface area contributed by atoms with Crippen LogP contribution in [-0.4, -0.2) is 17.1 Å². The van der Waals surface area contributed by atoms with E-state index in [0.717, 1.165) is 28.6 Å². The van der Waals surface area contributed by atoms with Crippen molar-refractivity contribution in [3.63, 3.8) is 0 Å². The van der Waals surface area contributed by atoms with Crippen LogP contribution in [0.4, 0.5) is 23.1 Å². The Morgan fingerprint density at radius 2 is 1.45 bits per heavy atom. The van der Waals surface area contributed by atoms with Gasteiger partial charge in [-0.1, -0.05) is 30.3 Å². The Hall–Kier alpha value is -4.06. The molecule has 0 bridgehead atoms. The number of para-hydroxylation sites is 3. The van der Waals surface area contributed by atoms with E-state index in [1.54, 1.807) is 13.3 Å². The van der Waals surface area contributed by atoms with E-state index in [0.29, 0.717) is 11.8 Å². The van der Waals surface area contributed by atoms with Gasteiger partial charge in [0.05, 0.1) is 12.8 Å². The van der Waals surface area contributed by atoms with Gasteiger partial charge in [-0.05, 0) is 54.6 Å². The molecule has 4 aromatic rings. The van der Waals surface area contributed by atoms with Crippen LogP contribution < -0.4 is 20.1 Å². The van der Waals surface area contributed by atoms with Gasteiger partial charge in [0.25, 0.3) is 0 Å². The standard InChI is InChI=1S/C23H20N4O2/c1-28-21-10-6-5-9-20(21)26-23-24-16-15-22(27-23)25-17-11-13-19(14-12-17)29-18-7-3-2-4-8-18/h2-16H,1H3,(H2,24,25,26,27). The van der Waals surface area contributed by atoms with Crippen LogP contribution in [0.1, 0.15) is 0 Å². The summed E-state index contributed by atoms with van der Waals surface area (Å²) in [4.78, 5) is 8.78. The molecule has 0 saturated heterocycles. The smallest absolute Gasteiger partial charge is 0.229 e. The van der Waals surface area contributed by atoms with Crippen molar-refractivity contribution < 1.29 is 9.47 Å². The molecule has 4 rings (SSSR count). The molecule has 1 aromatic heterocycles. The molecule has 144 valence electrons. The van der Waals surface area contributed by atoms with Gasteiger partial charge in [0, 0.05) is 11.9 Å². The lowest BCUT2D eigenvalue weighted by Gasteiger charge is -2.11. The maximum absolute atomic E-state index is 5.82. The average molecular weight is 384 g/mol. The van der Waals surface area contributed by atoms with Crippen molar-refractivity contribution in [2.24, 2.45) is 0 Å². The summed E-state index contributed by atoms with van der Waals surface area (Å²) in [5.74, 6) is 3.44. The highest BCUT2D eigenvalue weighted by Crippen LogP contribution is 2.27. The molecule has 0 aliphatic rings. The Bertz CT molecular complexity index is 1070. The van der Waals surface area contributed by atoms with E-state index in [4.69, 9.17) is 9.47 Å². The van der Waals surface area contributed by atoms with Gasteiger partial charge in [-0.3, -0.25) is 0 Å². The second-order valence-corrected chi connectivity index (χ2v) is 6.16. The summed E-state index contributed by atoms with van der Waals surface area (Å²) in [6.45, 7) is 0. The molecule has 2 N–H and O–H groups in total. The van der Waals surface area contributed by atoms with E-state index in [1.165, 1.54) is 0 Å². The minimum Gasteiger partial charge on any atom is -0.495 e. The number of rotatable bonds is 7. The van der Waals surface area contributed by atoms with E-state index >= 15 is 0 Å². The average Bonchev–Trinajstić information content (AvgIpc) is 2.77. The maximum atomic E-state index is 5.82. The molecular weight excluding hydrogens is 364 g/mol. The lowest BCUT2D eigenvalue weighted by atomic mass is 10.3. The fourth-order valence-electron chi connectivity index (χ4n) is 2.74. The van der Waals surface area contributed by atoms with Gasteiger partial charge in [0.2, 0.25) is 5.95 Å². The van der Waals surface area contributed by atoms with Crippen molar-refractivity contribution in [3.8, 4) is 17.2 Å². The number of hydrogen-bond donors (Lipinski definition) is 2. The zero-order chi connectivity index (χ0) is 19.9. The van der Waals surface area contributed by atoms with E-state index < -0.39 is 0 Å². The molecule has 6 nitrogen and oxygen atoms in total. The minimum absolute atomic E-state index is 0.475. The maximum Gasteiger partial charge on any atom is 0.229 e. The highest BCUT2D eigenvalue weighted by atomic mass is 16.5. The zero-order valence-electron chi connectivity index (χ0n) is 15.9. The molecule has 0 aliphatic heterocycles. The molecule has 1 heterocycles. The van der Waals surface area contributed by atoms with Crippen LogP contribution in [0, 0.1) is 0 Å². The van der Waals surface area contributed by atoms with Crippen LogP contribution in [0.2, 0.25) is 0 Å². The van der Waals surface area contributed by atoms with Crippen LogP contribution in [0.5, 0.6) is 17.2 Å². The lowest BCUT2D eigenvalue weighted by Crippen LogP contribution is -2.01. The monoisotopic (exact) mass is 384 g/mol. The van der Waals surface area contributed by atoms with E-state index in [1.807, 2.05) is 84.9 Å². The molecule has 0 amide bonds. The zero-order valence-corrected chi connectivity index (χ0v) is 15.9. The van der Waals surface area contributed by atoms with Gasteiger partial charge in [0.15, 0.2) is 0 Å². The first-order valence-corrected chi connectivity index (χ1v) is 9.13. The molecule has 0 unspecified atom stereocenters. The number of methoxy groups -OCH3 is 1. The van der Waals surface area contributed by atoms with Gasteiger partial charge in [-0.25, -0.2) is 4.98 Å². The molecule has 0 fully saturated rings. The van der Waals surface area contributed by atoms with Crippen molar-refractivity contribution in [1.29, 1.82) is 0 Å². The summed E-state index contributed by atoms with van der Waals surface area (Å²) < 4.78 is 11.2. The number of benzene rings is 3. The Kier molecular flexibility index (Phi) is 5.53. The fourth-order valence-corrected chi connectivity index (χ4v) is 2.74. The van der Waals surface area contributed by atoms with E-state index in [-0.39, 0.29) is 0 Å². The Balaban J connectivity index is 1.44. The third-order valence-corrected chi connectivity index (χ3v) is 4.11. The number of ether oxygens (including phenoxy) is 2. The fraction of sp³-hybridized carbons (Fsp3) is 0.0435. The Morgan fingerprint density at radius 3 is 2.24 bits per heavy atom. The van der Waals surface area contributed by atoms with Crippen LogP contribution in [-0.2, 0) is 0 Å². The minimum atomic E-state index is 0.475. The van der Waals surface area contributed by atoms with Gasteiger partial charge in [-0.15, -0.1) is 0 Å². The summed E-state index contributed by atoms with van der Waals surface area (Å²) >= 11 is 0. The van der Waals surface area contributed by atoms with Gasteiger partial charge < -0.3 is 20.1 Å². The second kappa shape index (κ2) is 8.75. The summed E-state index contributed by atoms with van der Waals surface area (Å²) in [6, 6.07) is 26.8. The van der Waals surface area contributed by atoms with E-state index in [2.05, 4.69) is 20.6 Å². The van der Waals surface area contributed by atoms with E-state index in [9.17, 15) is 0 Å². The first-order valence-electron chi connectivity index (χ1n) is 9.13. The SMILES string of the molecule is COc1ccccc1Nc1nccc(Nc2ccc(Oc3ccccc3)cc2)n1. The Labute approximate surface area is 169 Å². The van der Waals surface area contributed by atoms with Crippen molar-refractivity contribution in [1.82, 2.24) is 9.97 Å². The third-order valence-electron chi connectivity index (χ3n) is 4.11. The number of hydrogen-bond acceptors (Lipinski definition) is 6. The first-order chi connectivity index (χ1) is 14.3. The molecular formula is C23H20N4O2. The summed E-state index contributed by atoms with van der Waals surface area (Å²) in [5.41, 5.74) is 1.70. The van der Waals surface area contributed by atoms with Crippen LogP contribution in [0.15, 0.2) is 91.1 Å². The van der Waals surface area contributed by atoms with Crippen LogP contribution in [0.25, 0.3) is 0 Å². The molecule has 0 spiro atoms. The van der Waals surface area contributed by atoms with Crippen molar-refractivity contribution in [2.45, 2.75) is 0 Å². The normalized spacial score (nSPS) is 10.2. The second-order valence-electron chi connectivity index (χ2n) is 6.16. The lowest BCUT2D eigenvalue weighted by molar-refractivity contribution is 0.417.